The van der Waals surface area contributed by atoms with Crippen molar-refractivity contribution < 1.29 is 19.1 Å². The number of ether oxygens (including phenoxy) is 2. The van der Waals surface area contributed by atoms with Gasteiger partial charge in [0, 0.05) is 0 Å². The van der Waals surface area contributed by atoms with Gasteiger partial charge in [-0.05, 0) is 13.8 Å². The van der Waals surface area contributed by atoms with Crippen molar-refractivity contribution in [2.45, 2.75) is 20.3 Å². The number of hydrogen-bond donors (Lipinski definition) is 0. The zero-order chi connectivity index (χ0) is 9.84. The highest BCUT2D eigenvalue weighted by Gasteiger charge is 2.24. The monoisotopic (exact) mass is 182 g/mol. The van der Waals surface area contributed by atoms with Gasteiger partial charge in [0.05, 0.1) is 13.0 Å². The van der Waals surface area contributed by atoms with E-state index in [9.17, 15) is 9.59 Å². The summed E-state index contributed by atoms with van der Waals surface area (Å²) < 4.78 is 9.95. The molecule has 0 unspecified atom stereocenters. The molecule has 0 saturated heterocycles. The maximum absolute atomic E-state index is 11.0. The topological polar surface area (TPSA) is 52.6 Å². The molecule has 1 aliphatic rings. The van der Waals surface area contributed by atoms with Crippen molar-refractivity contribution in [1.29, 1.82) is 0 Å². The summed E-state index contributed by atoms with van der Waals surface area (Å²) in [4.78, 5) is 21.3. The average molecular weight is 182 g/mol. The highest BCUT2D eigenvalue weighted by molar-refractivity contribution is 5.98. The van der Waals surface area contributed by atoms with Crippen LogP contribution in [0, 0.1) is 0 Å². The third-order valence-electron chi connectivity index (χ3n) is 1.66. The molecule has 13 heavy (non-hydrogen) atoms. The second-order valence-corrected chi connectivity index (χ2v) is 2.56. The second-order valence-electron chi connectivity index (χ2n) is 2.56. The van der Waals surface area contributed by atoms with Gasteiger partial charge in [0.25, 0.3) is 0 Å². The summed E-state index contributed by atoms with van der Waals surface area (Å²) in [5.41, 5.74) is -0.0194. The molecule has 1 heterocycles. The van der Waals surface area contributed by atoms with Gasteiger partial charge in [-0.25, -0.2) is 9.59 Å². The molecule has 70 valence electrons. The van der Waals surface area contributed by atoms with Crippen molar-refractivity contribution in [2.24, 2.45) is 0 Å². The Kier molecular flexibility index (Phi) is 2.88. The molecule has 0 aromatic rings. The molecule has 0 spiro atoms. The summed E-state index contributed by atoms with van der Waals surface area (Å²) in [7, 11) is 0. The van der Waals surface area contributed by atoms with Gasteiger partial charge >= 0.3 is 5.97 Å². The van der Waals surface area contributed by atoms with Crippen molar-refractivity contribution in [3.05, 3.63) is 17.1 Å². The number of esters is 1. The number of allylic oxidation sites excluding steroid dienone is 2. The molecule has 0 amide bonds. The highest BCUT2D eigenvalue weighted by Crippen LogP contribution is 2.23. The van der Waals surface area contributed by atoms with Crippen LogP contribution in [0.25, 0.3) is 0 Å². The van der Waals surface area contributed by atoms with Crippen LogP contribution in [0.1, 0.15) is 20.3 Å². The summed E-state index contributed by atoms with van der Waals surface area (Å²) in [6, 6.07) is 0. The molecule has 1 rings (SSSR count). The molecule has 0 atom stereocenters. The molecule has 0 N–H and O–H groups in total. The van der Waals surface area contributed by atoms with Crippen molar-refractivity contribution in [2.75, 3.05) is 6.61 Å². The first kappa shape index (κ1) is 9.55. The summed E-state index contributed by atoms with van der Waals surface area (Å²) >= 11 is 0. The fourth-order valence-electron chi connectivity index (χ4n) is 1.02. The Balaban J connectivity index is 2.90. The van der Waals surface area contributed by atoms with Crippen LogP contribution in [-0.4, -0.2) is 18.5 Å². The lowest BCUT2D eigenvalue weighted by Gasteiger charge is -2.17. The van der Waals surface area contributed by atoms with Crippen LogP contribution in [0.2, 0.25) is 0 Å². The maximum atomic E-state index is 11.0. The number of hydrogen-bond acceptors (Lipinski definition) is 4. The van der Waals surface area contributed by atoms with Crippen LogP contribution >= 0.6 is 0 Å². The third-order valence-corrected chi connectivity index (χ3v) is 1.66. The minimum absolute atomic E-state index is 0.0194. The first-order valence-corrected chi connectivity index (χ1v) is 3.97. The zero-order valence-corrected chi connectivity index (χ0v) is 7.55. The minimum Gasteiger partial charge on any atom is -0.494 e. The summed E-state index contributed by atoms with van der Waals surface area (Å²) in [6.45, 7) is 3.93. The Bertz CT molecular complexity index is 308. The first-order valence-electron chi connectivity index (χ1n) is 3.97. The van der Waals surface area contributed by atoms with Gasteiger partial charge in [-0.3, -0.25) is 0 Å². The molecule has 0 aliphatic carbocycles. The molecule has 1 aliphatic heterocycles. The smallest absolute Gasteiger partial charge is 0.350 e. The molecule has 0 fully saturated rings. The van der Waals surface area contributed by atoms with Crippen molar-refractivity contribution in [3.63, 3.8) is 0 Å². The molecule has 0 bridgehead atoms. The number of carbonyl (C=O) groups excluding carboxylic acids is 2. The lowest BCUT2D eigenvalue weighted by Crippen LogP contribution is -2.16. The first-order chi connectivity index (χ1) is 6.19. The summed E-state index contributed by atoms with van der Waals surface area (Å²) in [6.07, 6.45) is 0.183. The van der Waals surface area contributed by atoms with Crippen molar-refractivity contribution in [3.8, 4) is 0 Å². The molecule has 0 aromatic carbocycles. The number of carbonyl (C=O) groups is 1. The van der Waals surface area contributed by atoms with E-state index in [2.05, 4.69) is 0 Å². The number of cyclic esters (lactones) is 1. The lowest BCUT2D eigenvalue weighted by atomic mass is 10.1. The predicted octanol–water partition coefficient (Wildman–Crippen LogP) is 0.959. The van der Waals surface area contributed by atoms with Crippen LogP contribution in [-0.2, 0) is 19.1 Å². The Morgan fingerprint density at radius 2 is 2.31 bits per heavy atom. The quantitative estimate of drug-likeness (QED) is 0.362. The van der Waals surface area contributed by atoms with Gasteiger partial charge in [0.2, 0.25) is 0 Å². The van der Waals surface area contributed by atoms with E-state index in [1.807, 2.05) is 6.92 Å². The van der Waals surface area contributed by atoms with Gasteiger partial charge < -0.3 is 9.47 Å². The Morgan fingerprint density at radius 1 is 1.62 bits per heavy atom. The molecule has 4 nitrogen and oxygen atoms in total. The van der Waals surface area contributed by atoms with E-state index in [0.29, 0.717) is 18.1 Å². The third kappa shape index (κ3) is 1.98. The largest absolute Gasteiger partial charge is 0.494 e. The van der Waals surface area contributed by atoms with E-state index in [4.69, 9.17) is 9.47 Å². The summed E-state index contributed by atoms with van der Waals surface area (Å²) in [5, 5.41) is 0. The highest BCUT2D eigenvalue weighted by atomic mass is 16.6. The van der Waals surface area contributed by atoms with Crippen molar-refractivity contribution >= 4 is 11.9 Å². The van der Waals surface area contributed by atoms with Crippen LogP contribution in [0.4, 0.5) is 0 Å². The predicted molar refractivity (Wildman–Crippen MR) is 44.2 cm³/mol. The van der Waals surface area contributed by atoms with Crippen LogP contribution in [0.15, 0.2) is 17.1 Å². The van der Waals surface area contributed by atoms with E-state index in [1.165, 1.54) is 0 Å². The van der Waals surface area contributed by atoms with E-state index in [-0.39, 0.29) is 12.0 Å². The fraction of sp³-hybridized carbons (Fsp3) is 0.444. The van der Waals surface area contributed by atoms with Crippen LogP contribution in [0.5, 0.6) is 0 Å². The maximum Gasteiger partial charge on any atom is 0.350 e. The van der Waals surface area contributed by atoms with Gasteiger partial charge in [0.1, 0.15) is 23.0 Å². The molecular weight excluding hydrogens is 172 g/mol. The van der Waals surface area contributed by atoms with Crippen LogP contribution < -0.4 is 0 Å². The van der Waals surface area contributed by atoms with E-state index < -0.39 is 5.97 Å². The molecule has 0 aromatic heterocycles. The normalized spacial score (nSPS) is 16.8. The Morgan fingerprint density at radius 3 is 2.85 bits per heavy atom. The van der Waals surface area contributed by atoms with E-state index in [1.54, 1.807) is 12.9 Å². The Hall–Kier alpha value is -1.54. The van der Waals surface area contributed by atoms with Gasteiger partial charge in [-0.1, -0.05) is 0 Å². The minimum atomic E-state index is -0.629. The van der Waals surface area contributed by atoms with Gasteiger partial charge in [0.15, 0.2) is 0 Å². The second kappa shape index (κ2) is 3.92. The standard InChI is InChI=1S/C9H10O4/c1-3-12-8-4-7(5-10)9(11)13-6(8)2/h3-4H2,1-2H3. The molecule has 0 radical (unpaired) electrons. The number of rotatable bonds is 2. The molecule has 4 heteroatoms. The average Bonchev–Trinajstić information content (AvgIpc) is 2.10. The molecule has 0 saturated carbocycles. The Labute approximate surface area is 75.8 Å². The molecular formula is C9H10O4. The SMILES string of the molecule is CCOC1=C(C)OC(=O)C(=C=O)C1. The van der Waals surface area contributed by atoms with Crippen LogP contribution in [0.3, 0.4) is 0 Å². The van der Waals surface area contributed by atoms with E-state index in [0.717, 1.165) is 0 Å². The zero-order valence-electron chi connectivity index (χ0n) is 7.55. The van der Waals surface area contributed by atoms with Gasteiger partial charge in [-0.2, -0.15) is 0 Å². The summed E-state index contributed by atoms with van der Waals surface area (Å²) in [5.74, 6) is 1.86. The fourth-order valence-corrected chi connectivity index (χ4v) is 1.02. The lowest BCUT2D eigenvalue weighted by molar-refractivity contribution is -0.136. The van der Waals surface area contributed by atoms with Crippen molar-refractivity contribution in [1.82, 2.24) is 0 Å². The van der Waals surface area contributed by atoms with E-state index >= 15 is 0 Å². The van der Waals surface area contributed by atoms with Gasteiger partial charge in [-0.15, -0.1) is 0 Å².